The zero-order valence-corrected chi connectivity index (χ0v) is 13.3. The normalized spacial score (nSPS) is 22.4. The number of benzene rings is 1. The smallest absolute Gasteiger partial charge is 0.113 e. The van der Waals surface area contributed by atoms with E-state index in [0.29, 0.717) is 26.2 Å². The van der Waals surface area contributed by atoms with Crippen molar-refractivity contribution in [2.45, 2.75) is 9.71 Å². The van der Waals surface area contributed by atoms with E-state index in [9.17, 15) is 0 Å². The van der Waals surface area contributed by atoms with Crippen molar-refractivity contribution in [2.75, 3.05) is 0 Å². The van der Waals surface area contributed by atoms with Gasteiger partial charge >= 0.3 is 0 Å². The van der Waals surface area contributed by atoms with Gasteiger partial charge in [-0.1, -0.05) is 64.1 Å². The van der Waals surface area contributed by atoms with Crippen molar-refractivity contribution in [3.05, 3.63) is 51.0 Å². The molecule has 0 nitrogen and oxygen atoms in total. The Hall–Kier alpha value is 0.440. The van der Waals surface area contributed by atoms with E-state index in [1.165, 1.54) is 0 Å². The summed E-state index contributed by atoms with van der Waals surface area (Å²) >= 11 is 36.4. The van der Waals surface area contributed by atoms with Crippen LogP contribution in [0.25, 0.3) is 5.57 Å². The predicted octanol–water partition coefficient (Wildman–Crippen LogP) is 6.29. The Morgan fingerprint density at radius 1 is 1.06 bits per heavy atom. The van der Waals surface area contributed by atoms with Crippen LogP contribution in [0.1, 0.15) is 5.56 Å². The van der Waals surface area contributed by atoms with Crippen LogP contribution in [0.15, 0.2) is 35.4 Å². The van der Waals surface area contributed by atoms with E-state index in [1.807, 2.05) is 0 Å². The zero-order valence-electron chi connectivity index (χ0n) is 8.73. The van der Waals surface area contributed by atoms with Crippen LogP contribution < -0.4 is 0 Å². The number of halogens is 6. The number of rotatable bonds is 1. The van der Waals surface area contributed by atoms with Gasteiger partial charge in [-0.25, -0.2) is 0 Å². The Morgan fingerprint density at radius 3 is 2.39 bits per heavy atom. The SMILES string of the molecule is ClC1=C(c2cc(Cl)ccc2Cl)C=CC(Cl)(Cl)C1Cl. The number of allylic oxidation sites excluding steroid dienone is 4. The van der Waals surface area contributed by atoms with Gasteiger partial charge in [-0.15, -0.1) is 11.6 Å². The molecule has 0 amide bonds. The minimum Gasteiger partial charge on any atom is -0.113 e. The Kier molecular flexibility index (Phi) is 4.48. The van der Waals surface area contributed by atoms with E-state index in [0.717, 1.165) is 0 Å². The van der Waals surface area contributed by atoms with E-state index < -0.39 is 9.71 Å². The van der Waals surface area contributed by atoms with E-state index in [1.54, 1.807) is 30.4 Å². The van der Waals surface area contributed by atoms with E-state index in [4.69, 9.17) is 69.6 Å². The number of hydrogen-bond acceptors (Lipinski definition) is 0. The molecule has 18 heavy (non-hydrogen) atoms. The molecule has 0 aliphatic heterocycles. The standard InChI is InChI=1S/C12H6Cl6/c13-6-1-2-9(14)8(5-6)7-3-4-12(17,18)11(16)10(7)15/h1-5,11H. The van der Waals surface area contributed by atoms with Gasteiger partial charge in [-0.05, 0) is 29.8 Å². The van der Waals surface area contributed by atoms with Gasteiger partial charge in [-0.3, -0.25) is 0 Å². The topological polar surface area (TPSA) is 0 Å². The minimum absolute atomic E-state index is 0.341. The maximum absolute atomic E-state index is 6.20. The third-order valence-corrected chi connectivity index (χ3v) is 5.08. The lowest BCUT2D eigenvalue weighted by Crippen LogP contribution is -2.27. The molecule has 0 bridgehead atoms. The lowest BCUT2D eigenvalue weighted by atomic mass is 9.98. The average Bonchev–Trinajstić information content (AvgIpc) is 2.30. The lowest BCUT2D eigenvalue weighted by Gasteiger charge is -2.27. The monoisotopic (exact) mass is 360 g/mol. The highest BCUT2D eigenvalue weighted by Crippen LogP contribution is 2.45. The van der Waals surface area contributed by atoms with Gasteiger partial charge in [-0.2, -0.15) is 0 Å². The van der Waals surface area contributed by atoms with Crippen LogP contribution in [0, 0.1) is 0 Å². The third kappa shape index (κ3) is 2.80. The summed E-state index contributed by atoms with van der Waals surface area (Å²) in [5.74, 6) is 0. The summed E-state index contributed by atoms with van der Waals surface area (Å²) in [5.41, 5.74) is 1.36. The first-order valence-electron chi connectivity index (χ1n) is 4.89. The quantitative estimate of drug-likeness (QED) is 0.514. The van der Waals surface area contributed by atoms with Crippen molar-refractivity contribution in [2.24, 2.45) is 0 Å². The summed E-state index contributed by atoms with van der Waals surface area (Å²) in [7, 11) is 0. The molecule has 1 atom stereocenters. The fourth-order valence-electron chi connectivity index (χ4n) is 1.59. The molecule has 0 saturated heterocycles. The van der Waals surface area contributed by atoms with Gasteiger partial charge in [0.15, 0.2) is 4.33 Å². The molecule has 1 aliphatic rings. The summed E-state index contributed by atoms with van der Waals surface area (Å²) in [6.45, 7) is 0. The average molecular weight is 363 g/mol. The number of hydrogen-bond donors (Lipinski definition) is 0. The molecule has 1 unspecified atom stereocenters. The van der Waals surface area contributed by atoms with E-state index >= 15 is 0 Å². The van der Waals surface area contributed by atoms with Crippen molar-refractivity contribution < 1.29 is 0 Å². The fourth-order valence-corrected chi connectivity index (χ4v) is 2.96. The Bertz CT molecular complexity index is 543. The van der Waals surface area contributed by atoms with Crippen molar-refractivity contribution >= 4 is 75.2 Å². The van der Waals surface area contributed by atoms with Crippen LogP contribution in [-0.4, -0.2) is 9.71 Å². The second-order valence-corrected chi connectivity index (χ2v) is 6.89. The van der Waals surface area contributed by atoms with Gasteiger partial charge in [0.1, 0.15) is 5.38 Å². The largest absolute Gasteiger partial charge is 0.157 e. The highest BCUT2D eigenvalue weighted by molar-refractivity contribution is 6.57. The summed E-state index contributed by atoms with van der Waals surface area (Å²) in [6.07, 6.45) is 3.27. The van der Waals surface area contributed by atoms with Crippen LogP contribution in [-0.2, 0) is 0 Å². The summed E-state index contributed by atoms with van der Waals surface area (Å²) < 4.78 is -1.23. The molecular formula is C12H6Cl6. The second-order valence-electron chi connectivity index (χ2n) is 3.76. The fraction of sp³-hybridized carbons (Fsp3) is 0.167. The summed E-state index contributed by atoms with van der Waals surface area (Å²) in [6, 6.07) is 5.10. The lowest BCUT2D eigenvalue weighted by molar-refractivity contribution is 0.958. The molecule has 1 aromatic rings. The minimum atomic E-state index is -1.23. The maximum Gasteiger partial charge on any atom is 0.157 e. The Morgan fingerprint density at radius 2 is 1.72 bits per heavy atom. The number of alkyl halides is 3. The van der Waals surface area contributed by atoms with Gasteiger partial charge < -0.3 is 0 Å². The van der Waals surface area contributed by atoms with Crippen LogP contribution >= 0.6 is 69.6 Å². The molecule has 1 aliphatic carbocycles. The molecule has 1 aromatic carbocycles. The van der Waals surface area contributed by atoms with Crippen molar-refractivity contribution in [3.63, 3.8) is 0 Å². The molecule has 0 N–H and O–H groups in total. The molecule has 0 spiro atoms. The van der Waals surface area contributed by atoms with Gasteiger partial charge in [0, 0.05) is 20.6 Å². The predicted molar refractivity (Wildman–Crippen MR) is 82.5 cm³/mol. The Labute approximate surface area is 135 Å². The van der Waals surface area contributed by atoms with Crippen molar-refractivity contribution in [1.29, 1.82) is 0 Å². The summed E-state index contributed by atoms with van der Waals surface area (Å²) in [5, 5.41) is 0.683. The molecule has 96 valence electrons. The van der Waals surface area contributed by atoms with E-state index in [-0.39, 0.29) is 0 Å². The maximum atomic E-state index is 6.20. The van der Waals surface area contributed by atoms with Gasteiger partial charge in [0.25, 0.3) is 0 Å². The van der Waals surface area contributed by atoms with Crippen molar-refractivity contribution in [1.82, 2.24) is 0 Å². The molecule has 0 saturated carbocycles. The molecular weight excluding hydrogens is 357 g/mol. The van der Waals surface area contributed by atoms with Gasteiger partial charge in [0.2, 0.25) is 0 Å². The van der Waals surface area contributed by atoms with Crippen LogP contribution in [0.2, 0.25) is 10.0 Å². The van der Waals surface area contributed by atoms with Crippen molar-refractivity contribution in [3.8, 4) is 0 Å². The first-order valence-corrected chi connectivity index (χ1v) is 7.22. The van der Waals surface area contributed by atoms with Crippen LogP contribution in [0.4, 0.5) is 0 Å². The van der Waals surface area contributed by atoms with Gasteiger partial charge in [0.05, 0.1) is 0 Å². The molecule has 0 heterocycles. The van der Waals surface area contributed by atoms with E-state index in [2.05, 4.69) is 0 Å². The molecule has 2 rings (SSSR count). The first-order chi connectivity index (χ1) is 8.33. The molecule has 0 aromatic heterocycles. The third-order valence-electron chi connectivity index (χ3n) is 2.51. The summed E-state index contributed by atoms with van der Waals surface area (Å²) in [4.78, 5) is 0. The highest BCUT2D eigenvalue weighted by Gasteiger charge is 2.37. The highest BCUT2D eigenvalue weighted by atomic mass is 35.5. The molecule has 6 heteroatoms. The van der Waals surface area contributed by atoms with Crippen LogP contribution in [0.3, 0.4) is 0 Å². The van der Waals surface area contributed by atoms with Crippen LogP contribution in [0.5, 0.6) is 0 Å². The molecule has 0 fully saturated rings. The second kappa shape index (κ2) is 5.44. The molecule has 0 radical (unpaired) electrons. The first kappa shape index (κ1) is 14.8. The zero-order chi connectivity index (χ0) is 13.5. The Balaban J connectivity index is 2.55.